The van der Waals surface area contributed by atoms with Crippen LogP contribution in [-0.4, -0.2) is 32.2 Å². The van der Waals surface area contributed by atoms with Crippen molar-refractivity contribution >= 4 is 54.7 Å². The van der Waals surface area contributed by atoms with Crippen molar-refractivity contribution < 1.29 is 0 Å². The van der Waals surface area contributed by atoms with Gasteiger partial charge in [0, 0.05) is 18.6 Å². The average molecular weight is 661 g/mol. The maximum Gasteiger partial charge on any atom is 0.147 e. The molecule has 0 aromatic rings. The number of unbranched alkanes of at least 4 members (excludes halogenated alkanes) is 25. The quantitative estimate of drug-likeness (QED) is 0.0484. The summed E-state index contributed by atoms with van der Waals surface area (Å²) in [7, 11) is 3.21. The molecule has 6 heteroatoms. The number of thiocarbonyl (C=S) groups is 2. The third-order valence-electron chi connectivity index (χ3n) is 8.21. The summed E-state index contributed by atoms with van der Waals surface area (Å²) in [6.07, 6.45) is 37.4. The molecule has 0 aliphatic rings. The van der Waals surface area contributed by atoms with Crippen LogP contribution in [0.1, 0.15) is 202 Å². The van der Waals surface area contributed by atoms with Crippen molar-refractivity contribution in [1.29, 1.82) is 0 Å². The molecule has 0 spiro atoms. The first-order chi connectivity index (χ1) is 20.4. The molecule has 0 fully saturated rings. The molecule has 0 saturated carbocycles. The van der Waals surface area contributed by atoms with E-state index in [0.717, 1.165) is 15.2 Å². The Morgan fingerprint density at radius 3 is 1.10 bits per heavy atom. The molecule has 0 aromatic heterocycles. The molecule has 0 rings (SSSR count). The van der Waals surface area contributed by atoms with Crippen molar-refractivity contribution in [3.8, 4) is 0 Å². The molecule has 1 N–H and O–H groups in total. The van der Waals surface area contributed by atoms with Crippen molar-refractivity contribution in [1.82, 2.24) is 10.2 Å². The maximum atomic E-state index is 5.71. The molecule has 0 aliphatic heterocycles. The van der Waals surface area contributed by atoms with E-state index in [9.17, 15) is 0 Å². The van der Waals surface area contributed by atoms with Gasteiger partial charge in [-0.2, -0.15) is 0 Å². The fraction of sp³-hybridized carbons (Fsp3) is 0.944. The molecule has 0 amide bonds. The van der Waals surface area contributed by atoms with Gasteiger partial charge in [0.1, 0.15) is 8.64 Å². The van der Waals surface area contributed by atoms with E-state index in [4.69, 9.17) is 24.4 Å². The van der Waals surface area contributed by atoms with E-state index in [1.165, 1.54) is 167 Å². The molecule has 250 valence electrons. The summed E-state index contributed by atoms with van der Waals surface area (Å²) >= 11 is 11.1. The van der Waals surface area contributed by atoms with Crippen LogP contribution in [0.15, 0.2) is 0 Å². The van der Waals surface area contributed by atoms with Crippen molar-refractivity contribution in [3.63, 3.8) is 0 Å². The van der Waals surface area contributed by atoms with E-state index >= 15 is 0 Å². The van der Waals surface area contributed by atoms with E-state index < -0.39 is 0 Å². The highest BCUT2D eigenvalue weighted by atomic mass is 33.1. The Bertz CT molecular complexity index is 597. The molecular formula is C36H72N2S4. The monoisotopic (exact) mass is 660 g/mol. The van der Waals surface area contributed by atoms with Crippen molar-refractivity contribution in [2.75, 3.05) is 6.54 Å². The minimum atomic E-state index is 0.369. The van der Waals surface area contributed by atoms with E-state index in [-0.39, 0.29) is 0 Å². The van der Waals surface area contributed by atoms with E-state index in [1.807, 2.05) is 0 Å². The first-order valence-corrected chi connectivity index (χ1v) is 21.3. The lowest BCUT2D eigenvalue weighted by molar-refractivity contribution is 0.349. The molecule has 0 radical (unpaired) electrons. The van der Waals surface area contributed by atoms with Gasteiger partial charge in [-0.25, -0.2) is 0 Å². The first-order valence-electron chi connectivity index (χ1n) is 18.3. The molecular weight excluding hydrogens is 589 g/mol. The van der Waals surface area contributed by atoms with Gasteiger partial charge in [0.2, 0.25) is 0 Å². The molecule has 0 saturated heterocycles. The highest BCUT2D eigenvalue weighted by Crippen LogP contribution is 2.27. The largest absolute Gasteiger partial charge is 0.368 e. The molecule has 42 heavy (non-hydrogen) atoms. The molecule has 0 heterocycles. The van der Waals surface area contributed by atoms with Gasteiger partial charge in [-0.3, -0.25) is 0 Å². The van der Waals surface area contributed by atoms with Gasteiger partial charge in [-0.05, 0) is 55.7 Å². The standard InChI is InChI=1S/C36H72N2S4/c1-6-7-8-9-10-11-12-13-14-15-16-17-18-19-20-21-22-23-24-25-26-27-28-29-30-31-32-38(34(4)5)36(40)42-41-35(39)37-33(2)3/h33-34H,6-32H2,1-5H3,(H,37,39). The number of hydrogen-bond acceptors (Lipinski definition) is 4. The van der Waals surface area contributed by atoms with Gasteiger partial charge in [0.15, 0.2) is 0 Å². The second-order valence-corrected chi connectivity index (χ2v) is 16.6. The molecule has 0 aromatic carbocycles. The summed E-state index contributed by atoms with van der Waals surface area (Å²) in [6, 6.07) is 0.811. The van der Waals surface area contributed by atoms with E-state index in [2.05, 4.69) is 44.8 Å². The minimum Gasteiger partial charge on any atom is -0.368 e. The average Bonchev–Trinajstić information content (AvgIpc) is 2.95. The first kappa shape index (κ1) is 42.5. The third-order valence-corrected chi connectivity index (χ3v) is 11.6. The van der Waals surface area contributed by atoms with Gasteiger partial charge >= 0.3 is 0 Å². The molecule has 0 bridgehead atoms. The van der Waals surface area contributed by atoms with Crippen LogP contribution in [-0.2, 0) is 0 Å². The minimum absolute atomic E-state index is 0.369. The zero-order valence-electron chi connectivity index (χ0n) is 28.8. The zero-order chi connectivity index (χ0) is 31.1. The molecule has 0 atom stereocenters. The highest BCUT2D eigenvalue weighted by molar-refractivity contribution is 8.89. The smallest absolute Gasteiger partial charge is 0.147 e. The lowest BCUT2D eigenvalue weighted by Gasteiger charge is -2.28. The van der Waals surface area contributed by atoms with Gasteiger partial charge in [-0.15, -0.1) is 0 Å². The lowest BCUT2D eigenvalue weighted by Crippen LogP contribution is -2.35. The van der Waals surface area contributed by atoms with Crippen LogP contribution < -0.4 is 5.32 Å². The summed E-state index contributed by atoms with van der Waals surface area (Å²) in [4.78, 5) is 2.37. The summed E-state index contributed by atoms with van der Waals surface area (Å²) in [6.45, 7) is 12.1. The van der Waals surface area contributed by atoms with Crippen molar-refractivity contribution in [3.05, 3.63) is 0 Å². The Hall–Kier alpha value is 0.480. The SMILES string of the molecule is CCCCCCCCCCCCCCCCCCCCCCCCCCCCN(C(=S)SSC(=S)NC(C)C)C(C)C. The van der Waals surface area contributed by atoms with Crippen LogP contribution in [0.4, 0.5) is 0 Å². The van der Waals surface area contributed by atoms with Crippen LogP contribution in [0.25, 0.3) is 0 Å². The zero-order valence-corrected chi connectivity index (χ0v) is 32.1. The van der Waals surface area contributed by atoms with Crippen LogP contribution >= 0.6 is 46.0 Å². The van der Waals surface area contributed by atoms with Crippen LogP contribution in [0.3, 0.4) is 0 Å². The van der Waals surface area contributed by atoms with E-state index in [1.54, 1.807) is 21.6 Å². The van der Waals surface area contributed by atoms with Crippen molar-refractivity contribution in [2.24, 2.45) is 0 Å². The Balaban J connectivity index is 3.39. The topological polar surface area (TPSA) is 15.3 Å². The Kier molecular flexibility index (Phi) is 33.2. The second-order valence-electron chi connectivity index (χ2n) is 13.1. The summed E-state index contributed by atoms with van der Waals surface area (Å²) in [5, 5.41) is 3.28. The number of nitrogens with zero attached hydrogens (tertiary/aromatic N) is 1. The van der Waals surface area contributed by atoms with E-state index in [0.29, 0.717) is 12.1 Å². The van der Waals surface area contributed by atoms with Gasteiger partial charge in [-0.1, -0.05) is 192 Å². The number of hydrogen-bond donors (Lipinski definition) is 1. The Morgan fingerprint density at radius 2 is 0.810 bits per heavy atom. The number of nitrogens with one attached hydrogen (secondary N) is 1. The highest BCUT2D eigenvalue weighted by Gasteiger charge is 2.15. The van der Waals surface area contributed by atoms with Gasteiger partial charge < -0.3 is 10.2 Å². The summed E-state index contributed by atoms with van der Waals surface area (Å²) in [5.41, 5.74) is 0. The molecule has 0 unspecified atom stereocenters. The van der Waals surface area contributed by atoms with Gasteiger partial charge in [0.25, 0.3) is 0 Å². The van der Waals surface area contributed by atoms with Gasteiger partial charge in [0.05, 0.1) is 0 Å². The molecule has 2 nitrogen and oxygen atoms in total. The predicted molar refractivity (Wildman–Crippen MR) is 206 cm³/mol. The van der Waals surface area contributed by atoms with Crippen LogP contribution in [0.5, 0.6) is 0 Å². The predicted octanol–water partition coefficient (Wildman–Crippen LogP) is 13.8. The Labute approximate surface area is 283 Å². The normalized spacial score (nSPS) is 11.5. The number of rotatable bonds is 29. The fourth-order valence-electron chi connectivity index (χ4n) is 5.54. The maximum absolute atomic E-state index is 5.71. The summed E-state index contributed by atoms with van der Waals surface area (Å²) in [5.74, 6) is 0. The summed E-state index contributed by atoms with van der Waals surface area (Å²) < 4.78 is 1.78. The van der Waals surface area contributed by atoms with Crippen molar-refractivity contribution in [2.45, 2.75) is 214 Å². The second kappa shape index (κ2) is 32.9. The van der Waals surface area contributed by atoms with Crippen LogP contribution in [0.2, 0.25) is 0 Å². The molecule has 0 aliphatic carbocycles. The fourth-order valence-corrected chi connectivity index (χ4v) is 8.39. The van der Waals surface area contributed by atoms with Crippen LogP contribution in [0, 0.1) is 0 Å². The lowest BCUT2D eigenvalue weighted by atomic mass is 10.0. The Morgan fingerprint density at radius 1 is 0.500 bits per heavy atom. The third kappa shape index (κ3) is 30.5.